The lowest BCUT2D eigenvalue weighted by Gasteiger charge is -2.36. The molecule has 0 atom stereocenters. The first-order valence-electron chi connectivity index (χ1n) is 5.42. The number of hydrogen-bond acceptors (Lipinski definition) is 2. The van der Waals surface area contributed by atoms with Crippen LogP contribution < -0.4 is 0 Å². The molecule has 2 rings (SSSR count). The molecule has 0 N–H and O–H groups in total. The number of nitrogens with zero attached hydrogens (tertiary/aromatic N) is 1. The summed E-state index contributed by atoms with van der Waals surface area (Å²) >= 11 is 0. The summed E-state index contributed by atoms with van der Waals surface area (Å²) in [5.74, 6) is 0. The molecule has 84 valence electrons. The maximum Gasteiger partial charge on any atom is 0.187 e. The van der Waals surface area contributed by atoms with Crippen LogP contribution in [-0.2, 0) is 15.1 Å². The van der Waals surface area contributed by atoms with Gasteiger partial charge in [-0.3, -0.25) is 0 Å². The summed E-state index contributed by atoms with van der Waals surface area (Å²) < 4.78 is 11.0. The molecule has 0 saturated carbocycles. The Bertz CT molecular complexity index is 385. The van der Waals surface area contributed by atoms with Crippen LogP contribution in [0.4, 0.5) is 5.69 Å². The van der Waals surface area contributed by atoms with Gasteiger partial charge in [-0.1, -0.05) is 24.3 Å². The molecule has 3 heteroatoms. The van der Waals surface area contributed by atoms with Gasteiger partial charge in [0.2, 0.25) is 0 Å². The zero-order chi connectivity index (χ0) is 11.4. The summed E-state index contributed by atoms with van der Waals surface area (Å²) in [5, 5.41) is 0. The smallest absolute Gasteiger partial charge is 0.187 e. The highest BCUT2D eigenvalue weighted by Gasteiger charge is 2.34. The molecule has 1 aliphatic rings. The van der Waals surface area contributed by atoms with Crippen LogP contribution in [0.25, 0.3) is 4.85 Å². The summed E-state index contributed by atoms with van der Waals surface area (Å²) in [6.45, 7) is 8.39. The van der Waals surface area contributed by atoms with Crippen molar-refractivity contribution in [2.24, 2.45) is 0 Å². The Morgan fingerprint density at radius 2 is 1.88 bits per heavy atom. The van der Waals surface area contributed by atoms with Crippen molar-refractivity contribution in [1.82, 2.24) is 0 Å². The van der Waals surface area contributed by atoms with Crippen LogP contribution in [0.5, 0.6) is 0 Å². The second-order valence-electron chi connectivity index (χ2n) is 3.97. The molecular formula is C13H15NO2. The molecule has 1 fully saturated rings. The summed E-state index contributed by atoms with van der Waals surface area (Å²) in [6.07, 6.45) is 1.75. The largest absolute Gasteiger partial charge is 0.381 e. The highest BCUT2D eigenvalue weighted by atomic mass is 16.5. The van der Waals surface area contributed by atoms with Crippen LogP contribution in [-0.4, -0.2) is 20.3 Å². The van der Waals surface area contributed by atoms with Gasteiger partial charge in [-0.05, 0) is 5.56 Å². The van der Waals surface area contributed by atoms with Crippen molar-refractivity contribution in [3.63, 3.8) is 0 Å². The lowest BCUT2D eigenvalue weighted by atomic mass is 9.86. The lowest BCUT2D eigenvalue weighted by molar-refractivity contribution is -0.0947. The van der Waals surface area contributed by atoms with Crippen LogP contribution in [0, 0.1) is 6.57 Å². The van der Waals surface area contributed by atoms with Crippen molar-refractivity contribution < 1.29 is 9.47 Å². The number of ether oxygens (including phenoxy) is 2. The van der Waals surface area contributed by atoms with E-state index in [0.717, 1.165) is 31.6 Å². The maximum atomic E-state index is 6.93. The van der Waals surface area contributed by atoms with E-state index >= 15 is 0 Å². The standard InChI is InChI=1S/C13H15NO2/c1-14-12-5-3-11(4-6-12)13(15-2)7-9-16-10-8-13/h3-6H,7-10H2,2H3. The minimum Gasteiger partial charge on any atom is -0.381 e. The van der Waals surface area contributed by atoms with E-state index in [4.69, 9.17) is 16.0 Å². The predicted molar refractivity (Wildman–Crippen MR) is 61.4 cm³/mol. The van der Waals surface area contributed by atoms with E-state index in [2.05, 4.69) is 4.85 Å². The van der Waals surface area contributed by atoms with Crippen LogP contribution in [0.3, 0.4) is 0 Å². The van der Waals surface area contributed by atoms with Crippen LogP contribution in [0.1, 0.15) is 18.4 Å². The zero-order valence-electron chi connectivity index (χ0n) is 9.40. The van der Waals surface area contributed by atoms with Gasteiger partial charge in [0.15, 0.2) is 5.69 Å². The minimum atomic E-state index is -0.223. The molecule has 1 aliphatic heterocycles. The minimum absolute atomic E-state index is 0.223. The Morgan fingerprint density at radius 3 is 2.38 bits per heavy atom. The molecule has 16 heavy (non-hydrogen) atoms. The third-order valence-electron chi connectivity index (χ3n) is 3.21. The highest BCUT2D eigenvalue weighted by Crippen LogP contribution is 2.36. The Balaban J connectivity index is 2.29. The average molecular weight is 217 g/mol. The third kappa shape index (κ3) is 1.95. The van der Waals surface area contributed by atoms with Crippen molar-refractivity contribution in [3.05, 3.63) is 41.2 Å². The molecular weight excluding hydrogens is 202 g/mol. The number of hydrogen-bond donors (Lipinski definition) is 0. The van der Waals surface area contributed by atoms with Crippen LogP contribution in [0.2, 0.25) is 0 Å². The monoisotopic (exact) mass is 217 g/mol. The van der Waals surface area contributed by atoms with E-state index in [1.54, 1.807) is 7.11 Å². The molecule has 0 bridgehead atoms. The van der Waals surface area contributed by atoms with Crippen LogP contribution >= 0.6 is 0 Å². The summed E-state index contributed by atoms with van der Waals surface area (Å²) in [5.41, 5.74) is 1.59. The van der Waals surface area contributed by atoms with E-state index < -0.39 is 0 Å². The Labute approximate surface area is 95.8 Å². The van der Waals surface area contributed by atoms with Gasteiger partial charge < -0.3 is 9.47 Å². The number of methoxy groups -OCH3 is 1. The first kappa shape index (κ1) is 11.1. The first-order chi connectivity index (χ1) is 7.80. The fraction of sp³-hybridized carbons (Fsp3) is 0.462. The fourth-order valence-corrected chi connectivity index (χ4v) is 2.15. The van der Waals surface area contributed by atoms with Gasteiger partial charge in [-0.15, -0.1) is 0 Å². The molecule has 1 aromatic carbocycles. The van der Waals surface area contributed by atoms with E-state index in [1.165, 1.54) is 0 Å². The SMILES string of the molecule is [C-]#[N+]c1ccc(C2(OC)CCOCC2)cc1. The molecule has 1 aromatic rings. The van der Waals surface area contributed by atoms with Gasteiger partial charge in [0.25, 0.3) is 0 Å². The van der Waals surface area contributed by atoms with E-state index in [-0.39, 0.29) is 5.60 Å². The van der Waals surface area contributed by atoms with Crippen molar-refractivity contribution >= 4 is 5.69 Å². The quantitative estimate of drug-likeness (QED) is 0.711. The van der Waals surface area contributed by atoms with Crippen LogP contribution in [0.15, 0.2) is 24.3 Å². The molecule has 0 amide bonds. The van der Waals surface area contributed by atoms with Crippen molar-refractivity contribution in [3.8, 4) is 0 Å². The third-order valence-corrected chi connectivity index (χ3v) is 3.21. The topological polar surface area (TPSA) is 22.8 Å². The van der Waals surface area contributed by atoms with Crippen molar-refractivity contribution in [2.75, 3.05) is 20.3 Å². The Morgan fingerprint density at radius 1 is 1.25 bits per heavy atom. The van der Waals surface area contributed by atoms with E-state index in [9.17, 15) is 0 Å². The molecule has 0 aliphatic carbocycles. The summed E-state index contributed by atoms with van der Waals surface area (Å²) in [7, 11) is 1.74. The predicted octanol–water partition coefficient (Wildman–Crippen LogP) is 2.89. The lowest BCUT2D eigenvalue weighted by Crippen LogP contribution is -2.35. The van der Waals surface area contributed by atoms with Crippen molar-refractivity contribution in [1.29, 1.82) is 0 Å². The van der Waals surface area contributed by atoms with Gasteiger partial charge >= 0.3 is 0 Å². The van der Waals surface area contributed by atoms with Gasteiger partial charge in [-0.2, -0.15) is 0 Å². The summed E-state index contributed by atoms with van der Waals surface area (Å²) in [6, 6.07) is 7.67. The number of rotatable bonds is 2. The molecule has 0 aromatic heterocycles. The number of benzene rings is 1. The normalized spacial score (nSPS) is 19.0. The molecule has 3 nitrogen and oxygen atoms in total. The molecule has 0 spiro atoms. The fourth-order valence-electron chi connectivity index (χ4n) is 2.15. The van der Waals surface area contributed by atoms with E-state index in [1.807, 2.05) is 24.3 Å². The first-order valence-corrected chi connectivity index (χ1v) is 5.42. The highest BCUT2D eigenvalue weighted by molar-refractivity contribution is 5.46. The van der Waals surface area contributed by atoms with Gasteiger partial charge in [0, 0.05) is 33.2 Å². The van der Waals surface area contributed by atoms with Gasteiger partial charge in [0.05, 0.1) is 12.2 Å². The van der Waals surface area contributed by atoms with Gasteiger partial charge in [0.1, 0.15) is 0 Å². The maximum absolute atomic E-state index is 6.93. The second-order valence-corrected chi connectivity index (χ2v) is 3.97. The molecule has 1 saturated heterocycles. The molecule has 0 unspecified atom stereocenters. The summed E-state index contributed by atoms with van der Waals surface area (Å²) in [4.78, 5) is 3.39. The zero-order valence-corrected chi connectivity index (χ0v) is 9.40. The van der Waals surface area contributed by atoms with Crippen molar-refractivity contribution in [2.45, 2.75) is 18.4 Å². The van der Waals surface area contributed by atoms with E-state index in [0.29, 0.717) is 5.69 Å². The van der Waals surface area contributed by atoms with Gasteiger partial charge in [-0.25, -0.2) is 4.85 Å². The molecule has 0 radical (unpaired) electrons. The Hall–Kier alpha value is -1.37. The molecule has 1 heterocycles. The Kier molecular flexibility index (Phi) is 3.23. The second kappa shape index (κ2) is 4.65. The average Bonchev–Trinajstić information content (AvgIpc) is 2.39.